The third kappa shape index (κ3) is 2.35. The summed E-state index contributed by atoms with van der Waals surface area (Å²) in [6.07, 6.45) is 0.850. The summed E-state index contributed by atoms with van der Waals surface area (Å²) >= 11 is 1.50. The van der Waals surface area contributed by atoms with Crippen molar-refractivity contribution in [2.24, 2.45) is 5.11 Å². The molecule has 0 spiro atoms. The first-order valence-electron chi connectivity index (χ1n) is 6.59. The topological polar surface area (TPSA) is 64.9 Å². The summed E-state index contributed by atoms with van der Waals surface area (Å²) in [5.41, 5.74) is 12.1. The van der Waals surface area contributed by atoms with E-state index in [2.05, 4.69) is 43.6 Å². The summed E-state index contributed by atoms with van der Waals surface area (Å²) < 4.78 is 4.44. The van der Waals surface area contributed by atoms with Crippen molar-refractivity contribution in [1.82, 2.24) is 4.37 Å². The van der Waals surface area contributed by atoms with Gasteiger partial charge in [0.05, 0.1) is 11.7 Å². The van der Waals surface area contributed by atoms with Crippen molar-refractivity contribution in [2.45, 2.75) is 25.9 Å². The fraction of sp³-hybridized carbons (Fsp3) is 0.357. The molecule has 102 valence electrons. The molecule has 0 amide bonds. The van der Waals surface area contributed by atoms with Crippen molar-refractivity contribution in [2.75, 3.05) is 11.4 Å². The Morgan fingerprint density at radius 2 is 2.25 bits per heavy atom. The van der Waals surface area contributed by atoms with E-state index in [1.165, 1.54) is 17.1 Å². The van der Waals surface area contributed by atoms with E-state index >= 15 is 0 Å². The number of nitrogens with zero attached hydrogens (tertiary/aromatic N) is 5. The van der Waals surface area contributed by atoms with Crippen LogP contribution < -0.4 is 4.90 Å². The van der Waals surface area contributed by atoms with Gasteiger partial charge in [-0.2, -0.15) is 4.37 Å². The van der Waals surface area contributed by atoms with E-state index in [4.69, 9.17) is 5.53 Å². The maximum Gasteiger partial charge on any atom is 0.116 e. The van der Waals surface area contributed by atoms with Crippen LogP contribution in [-0.2, 0) is 6.54 Å². The van der Waals surface area contributed by atoms with Gasteiger partial charge in [0.15, 0.2) is 0 Å². The molecule has 1 aliphatic rings. The first-order valence-corrected chi connectivity index (χ1v) is 7.36. The zero-order valence-corrected chi connectivity index (χ0v) is 12.0. The van der Waals surface area contributed by atoms with Crippen LogP contribution in [0.1, 0.15) is 29.3 Å². The minimum absolute atomic E-state index is 0.0687. The Bertz CT molecular complexity index is 645. The third-order valence-electron chi connectivity index (χ3n) is 3.59. The summed E-state index contributed by atoms with van der Waals surface area (Å²) in [5, 5.41) is 5.07. The molecule has 0 saturated heterocycles. The highest BCUT2D eigenvalue weighted by Crippen LogP contribution is 2.41. The predicted molar refractivity (Wildman–Crippen MR) is 80.8 cm³/mol. The minimum atomic E-state index is -0.0687. The molecule has 0 bridgehead atoms. The van der Waals surface area contributed by atoms with Gasteiger partial charge in [-0.25, -0.2) is 0 Å². The average Bonchev–Trinajstić information content (AvgIpc) is 2.86. The van der Waals surface area contributed by atoms with Crippen molar-refractivity contribution in [1.29, 1.82) is 0 Å². The van der Waals surface area contributed by atoms with Gasteiger partial charge in [0, 0.05) is 23.6 Å². The smallest absolute Gasteiger partial charge is 0.116 e. The number of benzene rings is 1. The minimum Gasteiger partial charge on any atom is -0.358 e. The van der Waals surface area contributed by atoms with Crippen LogP contribution in [0.3, 0.4) is 0 Å². The second-order valence-corrected chi connectivity index (χ2v) is 5.66. The van der Waals surface area contributed by atoms with Gasteiger partial charge < -0.3 is 4.90 Å². The summed E-state index contributed by atoms with van der Waals surface area (Å²) in [5.74, 6) is 0. The molecule has 20 heavy (non-hydrogen) atoms. The van der Waals surface area contributed by atoms with Crippen LogP contribution in [0.2, 0.25) is 0 Å². The standard InChI is InChI=1S/C14H15N5S/c1-10-13-12(16-18-15)7-8-19(14(13)20-17-10)9-11-5-3-2-4-6-11/h2-6,12H,7-9H2,1H3. The quantitative estimate of drug-likeness (QED) is 0.481. The summed E-state index contributed by atoms with van der Waals surface area (Å²) in [6.45, 7) is 3.76. The number of fused-ring (bicyclic) bond motifs is 1. The van der Waals surface area contributed by atoms with E-state index < -0.39 is 0 Å². The molecule has 1 unspecified atom stereocenters. The molecule has 2 heterocycles. The Kier molecular flexibility index (Phi) is 3.58. The highest BCUT2D eigenvalue weighted by molar-refractivity contribution is 7.10. The maximum absolute atomic E-state index is 8.70. The number of azide groups is 1. The maximum atomic E-state index is 8.70. The monoisotopic (exact) mass is 285 g/mol. The van der Waals surface area contributed by atoms with Gasteiger partial charge in [0.1, 0.15) is 5.00 Å². The second kappa shape index (κ2) is 5.53. The Labute approximate surface area is 121 Å². The Morgan fingerprint density at radius 3 is 3.00 bits per heavy atom. The summed E-state index contributed by atoms with van der Waals surface area (Å²) in [6, 6.07) is 10.3. The molecule has 0 N–H and O–H groups in total. The lowest BCUT2D eigenvalue weighted by Gasteiger charge is -2.31. The molecule has 0 radical (unpaired) electrons. The first-order chi connectivity index (χ1) is 9.79. The molecule has 1 atom stereocenters. The SMILES string of the molecule is Cc1nsc2c1C(N=[N+]=[N-])CCN2Cc1ccccc1. The van der Waals surface area contributed by atoms with E-state index in [1.807, 2.05) is 13.0 Å². The molecule has 1 aliphatic heterocycles. The van der Waals surface area contributed by atoms with E-state index in [0.29, 0.717) is 0 Å². The molecule has 0 aliphatic carbocycles. The van der Waals surface area contributed by atoms with Crippen molar-refractivity contribution in [3.63, 3.8) is 0 Å². The van der Waals surface area contributed by atoms with Crippen LogP contribution >= 0.6 is 11.5 Å². The molecule has 0 fully saturated rings. The highest BCUT2D eigenvalue weighted by Gasteiger charge is 2.28. The van der Waals surface area contributed by atoms with Gasteiger partial charge in [-0.05, 0) is 36.0 Å². The molecule has 1 aromatic heterocycles. The van der Waals surface area contributed by atoms with Gasteiger partial charge in [-0.1, -0.05) is 35.4 Å². The van der Waals surface area contributed by atoms with E-state index in [1.54, 1.807) is 0 Å². The molecule has 5 nitrogen and oxygen atoms in total. The van der Waals surface area contributed by atoms with Crippen molar-refractivity contribution in [3.05, 3.63) is 57.6 Å². The summed E-state index contributed by atoms with van der Waals surface area (Å²) in [7, 11) is 0. The molecule has 6 heteroatoms. The predicted octanol–water partition coefficient (Wildman–Crippen LogP) is 4.21. The van der Waals surface area contributed by atoms with Crippen LogP contribution in [0.15, 0.2) is 35.4 Å². The second-order valence-electron chi connectivity index (χ2n) is 4.90. The number of aryl methyl sites for hydroxylation is 1. The van der Waals surface area contributed by atoms with Gasteiger partial charge >= 0.3 is 0 Å². The number of aromatic nitrogens is 1. The fourth-order valence-electron chi connectivity index (χ4n) is 2.63. The summed E-state index contributed by atoms with van der Waals surface area (Å²) in [4.78, 5) is 5.30. The molecular formula is C14H15N5S. The van der Waals surface area contributed by atoms with Crippen molar-refractivity contribution in [3.8, 4) is 0 Å². The number of hydrogen-bond acceptors (Lipinski definition) is 4. The fourth-order valence-corrected chi connectivity index (χ4v) is 3.61. The first kappa shape index (κ1) is 13.0. The molecule has 0 saturated carbocycles. The molecule has 2 aromatic rings. The lowest BCUT2D eigenvalue weighted by Crippen LogP contribution is -2.29. The van der Waals surface area contributed by atoms with Crippen LogP contribution in [0.5, 0.6) is 0 Å². The van der Waals surface area contributed by atoms with Crippen molar-refractivity contribution < 1.29 is 0 Å². The third-order valence-corrected chi connectivity index (χ3v) is 4.61. The van der Waals surface area contributed by atoms with Gasteiger partial charge in [-0.3, -0.25) is 0 Å². The normalized spacial score (nSPS) is 17.4. The van der Waals surface area contributed by atoms with Crippen LogP contribution in [-0.4, -0.2) is 10.9 Å². The van der Waals surface area contributed by atoms with Gasteiger partial charge in [0.25, 0.3) is 0 Å². The zero-order chi connectivity index (χ0) is 13.9. The van der Waals surface area contributed by atoms with E-state index in [-0.39, 0.29) is 6.04 Å². The zero-order valence-electron chi connectivity index (χ0n) is 11.2. The lowest BCUT2D eigenvalue weighted by molar-refractivity contribution is 0.590. The number of rotatable bonds is 3. The molecule has 1 aromatic carbocycles. The highest BCUT2D eigenvalue weighted by atomic mass is 32.1. The largest absolute Gasteiger partial charge is 0.358 e. The number of hydrogen-bond donors (Lipinski definition) is 0. The van der Waals surface area contributed by atoms with Gasteiger partial charge in [-0.15, -0.1) is 0 Å². The molecular weight excluding hydrogens is 270 g/mol. The number of anilines is 1. The Balaban J connectivity index is 1.91. The van der Waals surface area contributed by atoms with Crippen LogP contribution in [0.25, 0.3) is 10.4 Å². The van der Waals surface area contributed by atoms with E-state index in [9.17, 15) is 0 Å². The van der Waals surface area contributed by atoms with Crippen molar-refractivity contribution >= 4 is 16.5 Å². The Morgan fingerprint density at radius 1 is 1.45 bits per heavy atom. The van der Waals surface area contributed by atoms with Gasteiger partial charge in [0.2, 0.25) is 0 Å². The molecule has 3 rings (SSSR count). The van der Waals surface area contributed by atoms with Crippen LogP contribution in [0.4, 0.5) is 5.00 Å². The lowest BCUT2D eigenvalue weighted by atomic mass is 10.00. The average molecular weight is 285 g/mol. The van der Waals surface area contributed by atoms with Crippen LogP contribution in [0, 0.1) is 6.92 Å². The Hall–Kier alpha value is -2.04. The van der Waals surface area contributed by atoms with E-state index in [0.717, 1.165) is 35.8 Å².